The quantitative estimate of drug-likeness (QED) is 0.359. The average Bonchev–Trinajstić information content (AvgIpc) is 3.51. The van der Waals surface area contributed by atoms with Gasteiger partial charge in [-0.3, -0.25) is 4.79 Å². The lowest BCUT2D eigenvalue weighted by molar-refractivity contribution is -0.119. The van der Waals surface area contributed by atoms with E-state index in [0.717, 1.165) is 39.6 Å². The van der Waals surface area contributed by atoms with Gasteiger partial charge in [0.25, 0.3) is 5.91 Å². The van der Waals surface area contributed by atoms with Gasteiger partial charge in [-0.25, -0.2) is 4.79 Å². The van der Waals surface area contributed by atoms with E-state index in [2.05, 4.69) is 5.32 Å². The molecule has 0 fully saturated rings. The van der Waals surface area contributed by atoms with Gasteiger partial charge in [0.15, 0.2) is 6.61 Å². The summed E-state index contributed by atoms with van der Waals surface area (Å²) in [6.07, 6.45) is 4.68. The maximum absolute atomic E-state index is 13.1. The van der Waals surface area contributed by atoms with Crippen LogP contribution in [0.3, 0.4) is 0 Å². The topological polar surface area (TPSA) is 60.3 Å². The second-order valence-corrected chi connectivity index (χ2v) is 9.80. The summed E-state index contributed by atoms with van der Waals surface area (Å²) < 4.78 is 7.45. The van der Waals surface area contributed by atoms with E-state index in [-0.39, 0.29) is 12.5 Å². The smallest absolute Gasteiger partial charge is 0.341 e. The number of para-hydroxylation sites is 1. The summed E-state index contributed by atoms with van der Waals surface area (Å²) in [7, 11) is 0. The number of hydrogen-bond donors (Lipinski definition) is 1. The first-order valence-electron chi connectivity index (χ1n) is 10.7. The zero-order valence-corrected chi connectivity index (χ0v) is 19.5. The first-order valence-corrected chi connectivity index (χ1v) is 12.6. The van der Waals surface area contributed by atoms with E-state index < -0.39 is 5.97 Å². The molecule has 7 heteroatoms. The number of esters is 1. The molecule has 0 bridgehead atoms. The Balaban J connectivity index is 1.32. The zero-order valence-electron chi connectivity index (χ0n) is 17.8. The highest BCUT2D eigenvalue weighted by Gasteiger charge is 2.27. The number of carbonyl (C=O) groups excluding carboxylic acids is 2. The molecule has 0 saturated carbocycles. The first kappa shape index (κ1) is 21.6. The maximum Gasteiger partial charge on any atom is 0.341 e. The normalized spacial score (nSPS) is 12.7. The Kier molecular flexibility index (Phi) is 6.32. The predicted octanol–water partition coefficient (Wildman–Crippen LogP) is 5.79. The Hall–Kier alpha value is -3.29. The van der Waals surface area contributed by atoms with Crippen LogP contribution in [0.1, 0.15) is 20.8 Å². The molecule has 33 heavy (non-hydrogen) atoms. The number of thiophene rings is 1. The lowest BCUT2D eigenvalue weighted by Crippen LogP contribution is -2.22. The molecule has 0 unspecified atom stereocenters. The van der Waals surface area contributed by atoms with Crippen LogP contribution >= 0.6 is 23.1 Å². The molecule has 0 aliphatic carbocycles. The lowest BCUT2D eigenvalue weighted by Gasteiger charge is -2.14. The molecule has 2 aromatic heterocycles. The minimum absolute atomic E-state index is 0.341. The fourth-order valence-electron chi connectivity index (χ4n) is 3.93. The molecule has 0 saturated heterocycles. The third kappa shape index (κ3) is 4.60. The Morgan fingerprint density at radius 1 is 0.970 bits per heavy atom. The number of aromatic nitrogens is 1. The predicted molar refractivity (Wildman–Crippen MR) is 134 cm³/mol. The molecule has 5 nitrogen and oxygen atoms in total. The molecular weight excluding hydrogens is 452 g/mol. The Morgan fingerprint density at radius 3 is 2.55 bits per heavy atom. The van der Waals surface area contributed by atoms with E-state index in [1.54, 1.807) is 11.3 Å². The van der Waals surface area contributed by atoms with Gasteiger partial charge in [0.2, 0.25) is 0 Å². The first-order chi connectivity index (χ1) is 16.2. The minimum Gasteiger partial charge on any atom is -0.452 e. The second kappa shape index (κ2) is 9.68. The van der Waals surface area contributed by atoms with Crippen LogP contribution in [-0.2, 0) is 21.7 Å². The van der Waals surface area contributed by atoms with Crippen molar-refractivity contribution in [2.45, 2.75) is 12.2 Å². The van der Waals surface area contributed by atoms with E-state index in [0.29, 0.717) is 11.3 Å². The van der Waals surface area contributed by atoms with Crippen molar-refractivity contribution in [1.29, 1.82) is 0 Å². The van der Waals surface area contributed by atoms with Crippen molar-refractivity contribution < 1.29 is 14.3 Å². The fourth-order valence-corrected chi connectivity index (χ4v) is 6.37. The van der Waals surface area contributed by atoms with Gasteiger partial charge in [0.05, 0.1) is 5.56 Å². The highest BCUT2D eigenvalue weighted by Crippen LogP contribution is 2.38. The molecule has 2 aromatic carbocycles. The van der Waals surface area contributed by atoms with E-state index in [4.69, 9.17) is 4.74 Å². The number of amides is 1. The summed E-state index contributed by atoms with van der Waals surface area (Å²) in [6, 6.07) is 21.3. The van der Waals surface area contributed by atoms with E-state index in [1.165, 1.54) is 4.88 Å². The van der Waals surface area contributed by atoms with Crippen LogP contribution < -0.4 is 5.32 Å². The van der Waals surface area contributed by atoms with Gasteiger partial charge in [0.1, 0.15) is 5.00 Å². The largest absolute Gasteiger partial charge is 0.452 e. The van der Waals surface area contributed by atoms with E-state index in [9.17, 15) is 9.59 Å². The average molecular weight is 475 g/mol. The van der Waals surface area contributed by atoms with Crippen molar-refractivity contribution in [1.82, 2.24) is 4.57 Å². The van der Waals surface area contributed by atoms with Crippen molar-refractivity contribution >= 4 is 40.7 Å². The number of carbonyl (C=O) groups is 2. The Bertz CT molecular complexity index is 1280. The molecule has 0 atom stereocenters. The molecule has 1 N–H and O–H groups in total. The van der Waals surface area contributed by atoms with Crippen molar-refractivity contribution in [2.75, 3.05) is 17.7 Å². The number of benzene rings is 2. The molecule has 3 heterocycles. The molecule has 1 aliphatic heterocycles. The number of fused-ring (bicyclic) bond motifs is 1. The SMILES string of the molecule is O=C(COC(=O)c1c(-n2cccc2)sc2c1CCSC2)Nc1ccccc1-c1ccccc1. The molecule has 0 spiro atoms. The van der Waals surface area contributed by atoms with Crippen LogP contribution in [-0.4, -0.2) is 28.8 Å². The number of ether oxygens (including phenoxy) is 1. The Morgan fingerprint density at radius 2 is 1.73 bits per heavy atom. The third-order valence-electron chi connectivity index (χ3n) is 5.47. The van der Waals surface area contributed by atoms with Gasteiger partial charge >= 0.3 is 5.97 Å². The van der Waals surface area contributed by atoms with Crippen LogP contribution in [0.2, 0.25) is 0 Å². The second-order valence-electron chi connectivity index (χ2n) is 7.61. The van der Waals surface area contributed by atoms with E-state index in [1.807, 2.05) is 95.5 Å². The zero-order chi connectivity index (χ0) is 22.6. The minimum atomic E-state index is -0.449. The highest BCUT2D eigenvalue weighted by molar-refractivity contribution is 7.98. The monoisotopic (exact) mass is 474 g/mol. The van der Waals surface area contributed by atoms with Crippen LogP contribution in [0, 0.1) is 0 Å². The molecule has 4 aromatic rings. The Labute approximate surface area is 200 Å². The van der Waals surface area contributed by atoms with E-state index >= 15 is 0 Å². The molecule has 0 radical (unpaired) electrons. The molecule has 1 aliphatic rings. The fraction of sp³-hybridized carbons (Fsp3) is 0.154. The van der Waals surface area contributed by atoms with Crippen molar-refractivity contribution in [3.63, 3.8) is 0 Å². The lowest BCUT2D eigenvalue weighted by atomic mass is 10.0. The third-order valence-corrected chi connectivity index (χ3v) is 7.88. The highest BCUT2D eigenvalue weighted by atomic mass is 32.2. The van der Waals surface area contributed by atoms with Crippen molar-refractivity contribution in [3.8, 4) is 16.1 Å². The summed E-state index contributed by atoms with van der Waals surface area (Å²) >= 11 is 3.50. The number of anilines is 1. The van der Waals surface area contributed by atoms with Gasteiger partial charge < -0.3 is 14.6 Å². The summed E-state index contributed by atoms with van der Waals surface area (Å²) in [5.41, 5.74) is 4.25. The van der Waals surface area contributed by atoms with Crippen LogP contribution in [0.25, 0.3) is 16.1 Å². The summed E-state index contributed by atoms with van der Waals surface area (Å²) in [5, 5.41) is 3.75. The number of thioether (sulfide) groups is 1. The molecule has 5 rings (SSSR count). The van der Waals surface area contributed by atoms with Crippen molar-refractivity contribution in [3.05, 3.63) is 95.1 Å². The number of rotatable bonds is 6. The van der Waals surface area contributed by atoms with Crippen molar-refractivity contribution in [2.24, 2.45) is 0 Å². The van der Waals surface area contributed by atoms with Gasteiger partial charge in [-0.15, -0.1) is 11.3 Å². The van der Waals surface area contributed by atoms with Crippen LogP contribution in [0.4, 0.5) is 5.69 Å². The van der Waals surface area contributed by atoms with Crippen LogP contribution in [0.5, 0.6) is 0 Å². The van der Waals surface area contributed by atoms with Gasteiger partial charge in [0, 0.05) is 34.3 Å². The standard InChI is InChI=1S/C26H22N2O3S2/c29-23(27-21-11-5-4-10-19(21)18-8-2-1-3-9-18)16-31-26(30)24-20-12-15-32-17-22(20)33-25(24)28-13-6-7-14-28/h1-11,13-14H,12,15-17H2,(H,27,29). The van der Waals surface area contributed by atoms with Gasteiger partial charge in [-0.2, -0.15) is 11.8 Å². The number of nitrogens with zero attached hydrogens (tertiary/aromatic N) is 1. The van der Waals surface area contributed by atoms with Gasteiger partial charge in [-0.05, 0) is 41.5 Å². The molecule has 1 amide bonds. The molecular formula is C26H22N2O3S2. The number of nitrogens with one attached hydrogen (secondary N) is 1. The summed E-state index contributed by atoms with van der Waals surface area (Å²) in [6.45, 7) is -0.341. The summed E-state index contributed by atoms with van der Waals surface area (Å²) in [5.74, 6) is 1.06. The summed E-state index contributed by atoms with van der Waals surface area (Å²) in [4.78, 5) is 27.0. The molecule has 166 valence electrons. The maximum atomic E-state index is 13.1. The van der Waals surface area contributed by atoms with Gasteiger partial charge in [-0.1, -0.05) is 48.5 Å². The number of hydrogen-bond acceptors (Lipinski definition) is 5. The van der Waals surface area contributed by atoms with Crippen LogP contribution in [0.15, 0.2) is 79.1 Å².